The molecular formula is C4H11NO2. The van der Waals surface area contributed by atoms with E-state index < -0.39 is 0 Å². The van der Waals surface area contributed by atoms with Crippen LogP contribution < -0.4 is 5.48 Å². The average molecular weight is 105 g/mol. The Balaban J connectivity index is 2.99. The highest BCUT2D eigenvalue weighted by atomic mass is 16.5. The standard InChI is InChI=1S/C4H11NO2/c1-2-4(3-6)5-7/h4-7H,2-3H2,1H3/t4-/m0/s1. The first-order valence-corrected chi connectivity index (χ1v) is 2.35. The van der Waals surface area contributed by atoms with Crippen molar-refractivity contribution in [2.75, 3.05) is 6.61 Å². The molecular weight excluding hydrogens is 94.0 g/mol. The molecule has 0 unspecified atom stereocenters. The minimum atomic E-state index is -0.153. The second-order valence-electron chi connectivity index (χ2n) is 1.42. The van der Waals surface area contributed by atoms with Crippen LogP contribution in [0.25, 0.3) is 0 Å². The maximum Gasteiger partial charge on any atom is 0.0607 e. The van der Waals surface area contributed by atoms with Crippen molar-refractivity contribution in [1.29, 1.82) is 0 Å². The highest BCUT2D eigenvalue weighted by molar-refractivity contribution is 4.53. The summed E-state index contributed by atoms with van der Waals surface area (Å²) in [5.74, 6) is 0. The summed E-state index contributed by atoms with van der Waals surface area (Å²) in [5.41, 5.74) is 1.95. The van der Waals surface area contributed by atoms with Gasteiger partial charge in [0.15, 0.2) is 0 Å². The molecule has 0 aromatic carbocycles. The predicted octanol–water partition coefficient (Wildman–Crippen LogP) is -0.264. The number of hydrogen-bond acceptors (Lipinski definition) is 3. The molecule has 0 aromatic rings. The predicted molar refractivity (Wildman–Crippen MR) is 26.1 cm³/mol. The van der Waals surface area contributed by atoms with Gasteiger partial charge in [-0.25, -0.2) is 5.48 Å². The zero-order chi connectivity index (χ0) is 5.70. The summed E-state index contributed by atoms with van der Waals surface area (Å²) in [7, 11) is 0. The molecule has 1 atom stereocenters. The van der Waals surface area contributed by atoms with Crippen LogP contribution in [0.5, 0.6) is 0 Å². The minimum Gasteiger partial charge on any atom is -0.395 e. The van der Waals surface area contributed by atoms with E-state index in [1.807, 2.05) is 12.4 Å². The lowest BCUT2D eigenvalue weighted by Gasteiger charge is -2.05. The third-order valence-corrected chi connectivity index (χ3v) is 0.896. The number of hydrogen-bond donors (Lipinski definition) is 3. The van der Waals surface area contributed by atoms with Gasteiger partial charge >= 0.3 is 0 Å². The summed E-state index contributed by atoms with van der Waals surface area (Å²) >= 11 is 0. The van der Waals surface area contributed by atoms with Gasteiger partial charge in [0.05, 0.1) is 12.6 Å². The maximum atomic E-state index is 8.30. The Morgan fingerprint density at radius 3 is 2.29 bits per heavy atom. The Labute approximate surface area is 42.9 Å². The molecule has 0 heterocycles. The zero-order valence-electron chi connectivity index (χ0n) is 4.39. The van der Waals surface area contributed by atoms with Crippen molar-refractivity contribution < 1.29 is 10.3 Å². The summed E-state index contributed by atoms with van der Waals surface area (Å²) in [6.07, 6.45) is 0.743. The molecule has 0 rings (SSSR count). The largest absolute Gasteiger partial charge is 0.395 e. The molecule has 0 spiro atoms. The molecule has 0 aromatic heterocycles. The molecule has 0 bridgehead atoms. The molecule has 3 N–H and O–H groups in total. The lowest BCUT2D eigenvalue weighted by Crippen LogP contribution is -2.28. The lowest BCUT2D eigenvalue weighted by molar-refractivity contribution is 0.0887. The summed E-state index contributed by atoms with van der Waals surface area (Å²) in [6, 6.07) is -0.153. The highest BCUT2D eigenvalue weighted by Crippen LogP contribution is 1.83. The van der Waals surface area contributed by atoms with Crippen molar-refractivity contribution in [2.45, 2.75) is 19.4 Å². The van der Waals surface area contributed by atoms with Crippen molar-refractivity contribution in [3.8, 4) is 0 Å². The zero-order valence-corrected chi connectivity index (χ0v) is 4.39. The smallest absolute Gasteiger partial charge is 0.0607 e. The van der Waals surface area contributed by atoms with Gasteiger partial charge in [-0.05, 0) is 6.42 Å². The normalized spacial score (nSPS) is 14.1. The number of hydroxylamine groups is 1. The fraction of sp³-hybridized carbons (Fsp3) is 1.00. The Kier molecular flexibility index (Phi) is 3.98. The van der Waals surface area contributed by atoms with Gasteiger partial charge in [0.2, 0.25) is 0 Å². The third-order valence-electron chi connectivity index (χ3n) is 0.896. The Bertz CT molecular complexity index is 31.2. The molecule has 3 heteroatoms. The lowest BCUT2D eigenvalue weighted by atomic mass is 10.3. The van der Waals surface area contributed by atoms with Crippen molar-refractivity contribution in [3.63, 3.8) is 0 Å². The van der Waals surface area contributed by atoms with E-state index in [4.69, 9.17) is 10.3 Å². The van der Waals surface area contributed by atoms with Crippen LogP contribution in [0.3, 0.4) is 0 Å². The molecule has 0 saturated carbocycles. The second-order valence-corrected chi connectivity index (χ2v) is 1.42. The minimum absolute atomic E-state index is 0.00694. The summed E-state index contributed by atoms with van der Waals surface area (Å²) in [5, 5.41) is 16.4. The van der Waals surface area contributed by atoms with Crippen LogP contribution in [0.2, 0.25) is 0 Å². The van der Waals surface area contributed by atoms with Gasteiger partial charge < -0.3 is 10.3 Å². The Morgan fingerprint density at radius 1 is 1.71 bits per heavy atom. The van der Waals surface area contributed by atoms with Gasteiger partial charge in [0.1, 0.15) is 0 Å². The second kappa shape index (κ2) is 4.05. The van der Waals surface area contributed by atoms with Crippen LogP contribution in [-0.4, -0.2) is 23.0 Å². The highest BCUT2D eigenvalue weighted by Gasteiger charge is 1.97. The number of rotatable bonds is 3. The van der Waals surface area contributed by atoms with Crippen LogP contribution in [0, 0.1) is 0 Å². The van der Waals surface area contributed by atoms with Crippen LogP contribution in [0.15, 0.2) is 0 Å². The van der Waals surface area contributed by atoms with Crippen molar-refractivity contribution in [2.24, 2.45) is 0 Å². The van der Waals surface area contributed by atoms with E-state index in [1.165, 1.54) is 0 Å². The van der Waals surface area contributed by atoms with Gasteiger partial charge in [-0.15, -0.1) is 0 Å². The Morgan fingerprint density at radius 2 is 2.29 bits per heavy atom. The van der Waals surface area contributed by atoms with E-state index in [0.717, 1.165) is 6.42 Å². The van der Waals surface area contributed by atoms with Gasteiger partial charge in [-0.2, -0.15) is 0 Å². The van der Waals surface area contributed by atoms with E-state index in [-0.39, 0.29) is 12.6 Å². The third kappa shape index (κ3) is 2.56. The number of aliphatic hydroxyl groups is 1. The van der Waals surface area contributed by atoms with Gasteiger partial charge in [0, 0.05) is 0 Å². The first kappa shape index (κ1) is 6.88. The first-order valence-electron chi connectivity index (χ1n) is 2.35. The van der Waals surface area contributed by atoms with E-state index >= 15 is 0 Å². The fourth-order valence-electron chi connectivity index (χ4n) is 0.261. The van der Waals surface area contributed by atoms with Gasteiger partial charge in [0.25, 0.3) is 0 Å². The number of nitrogens with one attached hydrogen (secondary N) is 1. The van der Waals surface area contributed by atoms with Crippen LogP contribution in [-0.2, 0) is 0 Å². The molecule has 44 valence electrons. The summed E-state index contributed by atoms with van der Waals surface area (Å²) in [4.78, 5) is 0. The summed E-state index contributed by atoms with van der Waals surface area (Å²) < 4.78 is 0. The summed E-state index contributed by atoms with van der Waals surface area (Å²) in [6.45, 7) is 1.87. The van der Waals surface area contributed by atoms with Crippen LogP contribution in [0.1, 0.15) is 13.3 Å². The Hall–Kier alpha value is -0.120. The molecule has 0 saturated heterocycles. The maximum absolute atomic E-state index is 8.30. The molecule has 7 heavy (non-hydrogen) atoms. The molecule has 0 aliphatic carbocycles. The molecule has 0 aliphatic rings. The average Bonchev–Trinajstić information content (AvgIpc) is 1.72. The van der Waals surface area contributed by atoms with Crippen molar-refractivity contribution >= 4 is 0 Å². The van der Waals surface area contributed by atoms with Crippen LogP contribution in [0.4, 0.5) is 0 Å². The quantitative estimate of drug-likeness (QED) is 0.433. The molecule has 0 amide bonds. The molecule has 0 fully saturated rings. The van der Waals surface area contributed by atoms with E-state index in [2.05, 4.69) is 0 Å². The monoisotopic (exact) mass is 105 g/mol. The SMILES string of the molecule is CC[C@@H](CO)NO. The van der Waals surface area contributed by atoms with E-state index in [0.29, 0.717) is 0 Å². The van der Waals surface area contributed by atoms with Gasteiger partial charge in [-0.1, -0.05) is 6.92 Å². The first-order chi connectivity index (χ1) is 3.35. The van der Waals surface area contributed by atoms with E-state index in [1.54, 1.807) is 0 Å². The van der Waals surface area contributed by atoms with Crippen molar-refractivity contribution in [1.82, 2.24) is 5.48 Å². The molecule has 0 aliphatic heterocycles. The fourth-order valence-corrected chi connectivity index (χ4v) is 0.261. The number of aliphatic hydroxyl groups excluding tert-OH is 1. The molecule has 0 radical (unpaired) electrons. The van der Waals surface area contributed by atoms with E-state index in [9.17, 15) is 0 Å². The molecule has 3 nitrogen and oxygen atoms in total. The van der Waals surface area contributed by atoms with Gasteiger partial charge in [-0.3, -0.25) is 0 Å². The topological polar surface area (TPSA) is 52.5 Å². The van der Waals surface area contributed by atoms with Crippen molar-refractivity contribution in [3.05, 3.63) is 0 Å². The van der Waals surface area contributed by atoms with Crippen LogP contribution >= 0.6 is 0 Å².